The maximum absolute atomic E-state index is 12.9. The fraction of sp³-hybridized carbons (Fsp3) is 0.538. The van der Waals surface area contributed by atoms with Crippen molar-refractivity contribution in [3.63, 3.8) is 0 Å². The van der Waals surface area contributed by atoms with Gasteiger partial charge >= 0.3 is 6.09 Å². The van der Waals surface area contributed by atoms with Crippen molar-refractivity contribution >= 4 is 15.9 Å². The molecule has 2 bridgehead atoms. The van der Waals surface area contributed by atoms with Crippen LogP contribution in [0.3, 0.4) is 0 Å². The van der Waals surface area contributed by atoms with Gasteiger partial charge in [-0.05, 0) is 68.4 Å². The Bertz CT molecular complexity index is 1250. The third-order valence-corrected chi connectivity index (χ3v) is 8.74. The summed E-state index contributed by atoms with van der Waals surface area (Å²) in [5, 5.41) is 0. The molecule has 1 aliphatic carbocycles. The number of nitrogens with zero attached hydrogens (tertiary/aromatic N) is 2. The molecule has 35 heavy (non-hydrogen) atoms. The van der Waals surface area contributed by atoms with E-state index in [1.165, 1.54) is 22.8 Å². The van der Waals surface area contributed by atoms with Gasteiger partial charge in [0.2, 0.25) is 0 Å². The fourth-order valence-corrected chi connectivity index (χ4v) is 6.48. The summed E-state index contributed by atoms with van der Waals surface area (Å²) in [6, 6.07) is 9.58. The predicted molar refractivity (Wildman–Crippen MR) is 131 cm³/mol. The van der Waals surface area contributed by atoms with Crippen LogP contribution in [0.2, 0.25) is 0 Å². The summed E-state index contributed by atoms with van der Waals surface area (Å²) in [7, 11) is -3.30. The zero-order valence-corrected chi connectivity index (χ0v) is 20.9. The van der Waals surface area contributed by atoms with Crippen LogP contribution in [-0.2, 0) is 14.6 Å². The van der Waals surface area contributed by atoms with Gasteiger partial charge < -0.3 is 14.4 Å². The van der Waals surface area contributed by atoms with Crippen molar-refractivity contribution in [2.75, 3.05) is 6.26 Å². The topological polar surface area (TPSA) is 94.9 Å². The number of rotatable bonds is 5. The van der Waals surface area contributed by atoms with Crippen molar-refractivity contribution < 1.29 is 22.7 Å². The molecule has 1 aromatic heterocycles. The van der Waals surface area contributed by atoms with Gasteiger partial charge in [0.05, 0.1) is 4.90 Å². The number of fused-ring (bicyclic) bond motifs is 2. The molecule has 2 aromatic rings. The van der Waals surface area contributed by atoms with Crippen molar-refractivity contribution in [1.82, 2.24) is 9.47 Å². The Hall–Kier alpha value is -2.81. The molecule has 5 rings (SSSR count). The van der Waals surface area contributed by atoms with Gasteiger partial charge in [0.25, 0.3) is 5.56 Å². The minimum Gasteiger partial charge on any atom is -0.490 e. The van der Waals surface area contributed by atoms with Crippen LogP contribution in [0.1, 0.15) is 51.9 Å². The minimum absolute atomic E-state index is 0.0558. The second-order valence-electron chi connectivity index (χ2n) is 10.2. The summed E-state index contributed by atoms with van der Waals surface area (Å²) < 4.78 is 36.8. The lowest BCUT2D eigenvalue weighted by atomic mass is 9.97. The fourth-order valence-electron chi connectivity index (χ4n) is 5.85. The first-order valence-electron chi connectivity index (χ1n) is 12.4. The number of aromatic nitrogens is 1. The van der Waals surface area contributed by atoms with Crippen LogP contribution in [0.4, 0.5) is 4.79 Å². The third kappa shape index (κ3) is 4.96. The molecular formula is C26H32N2O6S. The van der Waals surface area contributed by atoms with E-state index in [0.717, 1.165) is 44.8 Å². The van der Waals surface area contributed by atoms with Gasteiger partial charge in [-0.15, -0.1) is 0 Å². The summed E-state index contributed by atoms with van der Waals surface area (Å²) in [5.74, 6) is 0.880. The second-order valence-corrected chi connectivity index (χ2v) is 12.2. The number of amides is 1. The van der Waals surface area contributed by atoms with Crippen LogP contribution < -0.4 is 10.3 Å². The molecule has 2 saturated heterocycles. The normalized spacial score (nSPS) is 26.6. The van der Waals surface area contributed by atoms with E-state index in [1.807, 2.05) is 4.90 Å². The lowest BCUT2D eigenvalue weighted by Gasteiger charge is -2.39. The number of carbonyl (C=O) groups excluding carboxylic acids is 1. The number of ether oxygens (including phenoxy) is 2. The Morgan fingerprint density at radius 1 is 1.00 bits per heavy atom. The first-order chi connectivity index (χ1) is 16.7. The zero-order valence-electron chi connectivity index (χ0n) is 20.1. The Kier molecular flexibility index (Phi) is 6.38. The van der Waals surface area contributed by atoms with Crippen molar-refractivity contribution in [1.29, 1.82) is 0 Å². The first-order valence-corrected chi connectivity index (χ1v) is 14.3. The Balaban J connectivity index is 1.25. The van der Waals surface area contributed by atoms with Crippen molar-refractivity contribution in [3.8, 4) is 11.4 Å². The average Bonchev–Trinajstić information content (AvgIpc) is 3.38. The maximum atomic E-state index is 12.9. The monoisotopic (exact) mass is 500 g/mol. The van der Waals surface area contributed by atoms with Crippen LogP contribution in [0.25, 0.3) is 5.69 Å². The minimum atomic E-state index is -3.30. The zero-order chi connectivity index (χ0) is 24.7. The number of benzene rings is 1. The molecule has 188 valence electrons. The molecule has 2 aliphatic heterocycles. The number of pyridine rings is 1. The third-order valence-electron chi connectivity index (χ3n) is 7.61. The van der Waals surface area contributed by atoms with Gasteiger partial charge in [0, 0.05) is 49.1 Å². The SMILES string of the molecule is C[C@@H]1C[C@@H]2C[C@H](Oc3ccn(-c4ccc(S(C)(=O)=O)cc4)c(=O)c3)C[C@@H]1N2C(=O)OC1CCCC1. The van der Waals surface area contributed by atoms with Crippen molar-refractivity contribution in [2.24, 2.45) is 5.92 Å². The van der Waals surface area contributed by atoms with E-state index in [-0.39, 0.29) is 40.8 Å². The molecule has 9 heteroatoms. The number of sulfone groups is 1. The average molecular weight is 501 g/mol. The molecule has 0 radical (unpaired) electrons. The van der Waals surface area contributed by atoms with E-state index < -0.39 is 9.84 Å². The smallest absolute Gasteiger partial charge is 0.410 e. The Labute approximate surface area is 205 Å². The Morgan fingerprint density at radius 2 is 1.71 bits per heavy atom. The van der Waals surface area contributed by atoms with Crippen LogP contribution in [0, 0.1) is 5.92 Å². The van der Waals surface area contributed by atoms with E-state index in [1.54, 1.807) is 24.4 Å². The van der Waals surface area contributed by atoms with E-state index in [2.05, 4.69) is 6.92 Å². The number of hydrogen-bond acceptors (Lipinski definition) is 6. The highest BCUT2D eigenvalue weighted by Crippen LogP contribution is 2.41. The van der Waals surface area contributed by atoms with Gasteiger partial charge in [-0.25, -0.2) is 13.2 Å². The molecule has 4 atom stereocenters. The molecule has 0 unspecified atom stereocenters. The standard InChI is InChI=1S/C26H32N2O6S/c1-17-13-19-14-22(15-24(17)28(19)26(30)34-20-5-3-4-6-20)33-21-11-12-27(25(29)16-21)18-7-9-23(10-8-18)35(2,31)32/h7-12,16-17,19-20,22,24H,3-6,13-15H2,1-2H3/t17-,19-,22+,24+/m1/s1. The van der Waals surface area contributed by atoms with E-state index in [4.69, 9.17) is 9.47 Å². The number of piperidine rings is 1. The predicted octanol–water partition coefficient (Wildman–Crippen LogP) is 3.94. The molecular weight excluding hydrogens is 468 g/mol. The van der Waals surface area contributed by atoms with Gasteiger partial charge in [-0.1, -0.05) is 6.92 Å². The van der Waals surface area contributed by atoms with Gasteiger partial charge in [0.1, 0.15) is 18.0 Å². The molecule has 1 saturated carbocycles. The number of hydrogen-bond donors (Lipinski definition) is 0. The maximum Gasteiger partial charge on any atom is 0.410 e. The van der Waals surface area contributed by atoms with Crippen molar-refractivity contribution in [2.45, 2.75) is 81.1 Å². The summed E-state index contributed by atoms with van der Waals surface area (Å²) in [6.45, 7) is 2.18. The molecule has 3 aliphatic rings. The Morgan fingerprint density at radius 3 is 2.34 bits per heavy atom. The highest BCUT2D eigenvalue weighted by Gasteiger charge is 2.49. The molecule has 1 aromatic carbocycles. The van der Waals surface area contributed by atoms with Crippen LogP contribution in [0.15, 0.2) is 52.3 Å². The molecule has 3 fully saturated rings. The first kappa shape index (κ1) is 23.9. The lowest BCUT2D eigenvalue weighted by Crippen LogP contribution is -2.50. The highest BCUT2D eigenvalue weighted by molar-refractivity contribution is 7.90. The van der Waals surface area contributed by atoms with Gasteiger partial charge in [-0.2, -0.15) is 0 Å². The molecule has 1 amide bonds. The summed E-state index contributed by atoms with van der Waals surface area (Å²) in [5.41, 5.74) is 0.318. The van der Waals surface area contributed by atoms with Gasteiger partial charge in [-0.3, -0.25) is 9.36 Å². The summed E-state index contributed by atoms with van der Waals surface area (Å²) in [4.78, 5) is 27.8. The van der Waals surface area contributed by atoms with Crippen LogP contribution in [-0.4, -0.2) is 54.5 Å². The van der Waals surface area contributed by atoms with Gasteiger partial charge in [0.15, 0.2) is 9.84 Å². The number of carbonyl (C=O) groups is 1. The molecule has 0 N–H and O–H groups in total. The summed E-state index contributed by atoms with van der Waals surface area (Å²) in [6.07, 6.45) is 9.14. The lowest BCUT2D eigenvalue weighted by molar-refractivity contribution is 0.0132. The van der Waals surface area contributed by atoms with E-state index in [0.29, 0.717) is 23.8 Å². The van der Waals surface area contributed by atoms with Crippen molar-refractivity contribution in [3.05, 3.63) is 52.9 Å². The largest absolute Gasteiger partial charge is 0.490 e. The highest BCUT2D eigenvalue weighted by atomic mass is 32.2. The summed E-state index contributed by atoms with van der Waals surface area (Å²) >= 11 is 0. The van der Waals surface area contributed by atoms with E-state index >= 15 is 0 Å². The van der Waals surface area contributed by atoms with Crippen LogP contribution >= 0.6 is 0 Å². The second kappa shape index (κ2) is 9.33. The molecule has 8 nitrogen and oxygen atoms in total. The molecule has 3 heterocycles. The van der Waals surface area contributed by atoms with Crippen LogP contribution in [0.5, 0.6) is 5.75 Å². The van der Waals surface area contributed by atoms with E-state index in [9.17, 15) is 18.0 Å². The quantitative estimate of drug-likeness (QED) is 0.617. The molecule has 0 spiro atoms.